The largest absolute Gasteiger partial charge is 0.322 e. The number of hydrogen-bond acceptors (Lipinski definition) is 3. The van der Waals surface area contributed by atoms with Gasteiger partial charge in [0.25, 0.3) is 5.91 Å². The highest BCUT2D eigenvalue weighted by Crippen LogP contribution is 2.28. The Hall–Kier alpha value is -3.44. The van der Waals surface area contributed by atoms with Gasteiger partial charge in [0, 0.05) is 40.0 Å². The van der Waals surface area contributed by atoms with Crippen LogP contribution in [0.4, 0.5) is 5.69 Å². The van der Waals surface area contributed by atoms with Crippen molar-refractivity contribution in [3.63, 3.8) is 0 Å². The summed E-state index contributed by atoms with van der Waals surface area (Å²) < 4.78 is 2.10. The lowest BCUT2D eigenvalue weighted by molar-refractivity contribution is 0.102. The molecule has 0 saturated heterocycles. The van der Waals surface area contributed by atoms with E-state index in [0.29, 0.717) is 16.3 Å². The van der Waals surface area contributed by atoms with Crippen molar-refractivity contribution in [1.29, 1.82) is 0 Å². The minimum atomic E-state index is -0.192. The third-order valence-electron chi connectivity index (χ3n) is 4.75. The van der Waals surface area contributed by atoms with E-state index in [9.17, 15) is 4.79 Å². The Kier molecular flexibility index (Phi) is 5.14. The van der Waals surface area contributed by atoms with Crippen molar-refractivity contribution < 1.29 is 4.79 Å². The molecule has 1 N–H and O–H groups in total. The van der Waals surface area contributed by atoms with Gasteiger partial charge in [-0.3, -0.25) is 14.3 Å². The number of benzene rings is 2. The topological polar surface area (TPSA) is 59.8 Å². The zero-order valence-electron chi connectivity index (χ0n) is 16.1. The van der Waals surface area contributed by atoms with Gasteiger partial charge in [-0.25, -0.2) is 4.98 Å². The van der Waals surface area contributed by atoms with Gasteiger partial charge in [-0.1, -0.05) is 11.6 Å². The van der Waals surface area contributed by atoms with E-state index in [1.807, 2.05) is 62.4 Å². The fourth-order valence-electron chi connectivity index (χ4n) is 3.11. The quantitative estimate of drug-likeness (QED) is 0.493. The van der Waals surface area contributed by atoms with Gasteiger partial charge in [0.2, 0.25) is 0 Å². The summed E-state index contributed by atoms with van der Waals surface area (Å²) in [7, 11) is 0. The van der Waals surface area contributed by atoms with Gasteiger partial charge < -0.3 is 5.32 Å². The van der Waals surface area contributed by atoms with Gasteiger partial charge in [-0.15, -0.1) is 0 Å². The van der Waals surface area contributed by atoms with Crippen molar-refractivity contribution in [2.75, 3.05) is 5.32 Å². The third-order valence-corrected chi connectivity index (χ3v) is 5.01. The monoisotopic (exact) mass is 402 g/mol. The molecule has 0 unspecified atom stereocenters. The molecule has 0 bridgehead atoms. The lowest BCUT2D eigenvalue weighted by Gasteiger charge is -2.12. The highest BCUT2D eigenvalue weighted by Gasteiger charge is 2.15. The predicted molar refractivity (Wildman–Crippen MR) is 116 cm³/mol. The van der Waals surface area contributed by atoms with Crippen molar-refractivity contribution in [3.8, 4) is 17.1 Å². The Morgan fingerprint density at radius 1 is 1.00 bits per heavy atom. The molecule has 2 aromatic carbocycles. The smallest absolute Gasteiger partial charge is 0.257 e. The van der Waals surface area contributed by atoms with E-state index in [4.69, 9.17) is 16.6 Å². The molecule has 0 spiro atoms. The molecule has 0 aliphatic heterocycles. The summed E-state index contributed by atoms with van der Waals surface area (Å²) >= 11 is 6.03. The molecule has 0 aliphatic rings. The lowest BCUT2D eigenvalue weighted by Crippen LogP contribution is -2.12. The minimum absolute atomic E-state index is 0.192. The van der Waals surface area contributed by atoms with Crippen LogP contribution in [0.5, 0.6) is 0 Å². The van der Waals surface area contributed by atoms with Crippen LogP contribution in [0.25, 0.3) is 17.1 Å². The highest BCUT2D eigenvalue weighted by molar-refractivity contribution is 6.30. The molecule has 1 amide bonds. The van der Waals surface area contributed by atoms with Crippen LogP contribution in [0.3, 0.4) is 0 Å². The number of carbonyl (C=O) groups excluding carboxylic acids is 1. The zero-order valence-corrected chi connectivity index (χ0v) is 16.8. The Bertz CT molecular complexity index is 1150. The summed E-state index contributed by atoms with van der Waals surface area (Å²) in [5, 5.41) is 3.58. The highest BCUT2D eigenvalue weighted by atomic mass is 35.5. The summed E-state index contributed by atoms with van der Waals surface area (Å²) in [6, 6.07) is 18.8. The maximum atomic E-state index is 12.3. The molecule has 0 aliphatic carbocycles. The van der Waals surface area contributed by atoms with Crippen molar-refractivity contribution in [2.24, 2.45) is 0 Å². The van der Waals surface area contributed by atoms with Crippen LogP contribution in [0.2, 0.25) is 5.02 Å². The zero-order chi connectivity index (χ0) is 20.4. The number of hydrogen-bond donors (Lipinski definition) is 1. The number of nitrogens with zero attached hydrogens (tertiary/aromatic N) is 3. The molecule has 2 aromatic heterocycles. The number of nitrogens with one attached hydrogen (secondary N) is 1. The second-order valence-corrected chi connectivity index (χ2v) is 7.13. The van der Waals surface area contributed by atoms with Gasteiger partial charge in [0.15, 0.2) is 0 Å². The molecule has 0 saturated carbocycles. The second-order valence-electron chi connectivity index (χ2n) is 6.69. The summed E-state index contributed by atoms with van der Waals surface area (Å²) in [4.78, 5) is 21.0. The number of pyridine rings is 1. The molecule has 29 heavy (non-hydrogen) atoms. The number of rotatable bonds is 4. The molecule has 0 atom stereocenters. The number of amides is 1. The van der Waals surface area contributed by atoms with E-state index in [2.05, 4.69) is 14.9 Å². The summed E-state index contributed by atoms with van der Waals surface area (Å²) in [5.74, 6) is 0.658. The maximum absolute atomic E-state index is 12.3. The first kappa shape index (κ1) is 18.9. The van der Waals surface area contributed by atoms with E-state index >= 15 is 0 Å². The standard InChI is InChI=1S/C23H19ClN4O/c1-15-16(2)28(22(26-15)17-5-7-19(24)8-6-17)21-11-9-20(10-12-21)27-23(29)18-4-3-13-25-14-18/h3-14H,1-2H3,(H,27,29). The van der Waals surface area contributed by atoms with Gasteiger partial charge in [0.05, 0.1) is 11.3 Å². The van der Waals surface area contributed by atoms with Crippen LogP contribution in [0.1, 0.15) is 21.7 Å². The Balaban J connectivity index is 1.64. The first-order valence-electron chi connectivity index (χ1n) is 9.16. The average molecular weight is 403 g/mol. The SMILES string of the molecule is Cc1nc(-c2ccc(Cl)cc2)n(-c2ccc(NC(=O)c3cccnc3)cc2)c1C. The fraction of sp³-hybridized carbons (Fsp3) is 0.0870. The fourth-order valence-corrected chi connectivity index (χ4v) is 3.24. The molecule has 6 heteroatoms. The lowest BCUT2D eigenvalue weighted by atomic mass is 10.2. The van der Waals surface area contributed by atoms with Gasteiger partial charge in [0.1, 0.15) is 5.82 Å². The van der Waals surface area contributed by atoms with Crippen molar-refractivity contribution in [2.45, 2.75) is 13.8 Å². The predicted octanol–water partition coefficient (Wildman–Crippen LogP) is 5.46. The molecule has 4 aromatic rings. The van der Waals surface area contributed by atoms with Crippen LogP contribution < -0.4 is 5.32 Å². The molecular formula is C23H19ClN4O. The van der Waals surface area contributed by atoms with E-state index in [-0.39, 0.29) is 5.91 Å². The number of aryl methyl sites for hydroxylation is 1. The molecule has 0 radical (unpaired) electrons. The first-order chi connectivity index (χ1) is 14.0. The van der Waals surface area contributed by atoms with Crippen molar-refractivity contribution in [3.05, 3.63) is 95.0 Å². The molecule has 5 nitrogen and oxygen atoms in total. The molecule has 0 fully saturated rings. The molecule has 4 rings (SSSR count). The Morgan fingerprint density at radius 3 is 2.38 bits per heavy atom. The first-order valence-corrected chi connectivity index (χ1v) is 9.54. The van der Waals surface area contributed by atoms with Gasteiger partial charge in [-0.05, 0) is 74.5 Å². The molecular weight excluding hydrogens is 384 g/mol. The molecule has 144 valence electrons. The Morgan fingerprint density at radius 2 is 1.72 bits per heavy atom. The number of halogens is 1. The van der Waals surface area contributed by atoms with E-state index in [1.165, 1.54) is 0 Å². The van der Waals surface area contributed by atoms with Crippen LogP contribution in [0, 0.1) is 13.8 Å². The third kappa shape index (κ3) is 3.91. The molecule has 2 heterocycles. The number of carbonyl (C=O) groups is 1. The van der Waals surface area contributed by atoms with Crippen LogP contribution in [-0.2, 0) is 0 Å². The van der Waals surface area contributed by atoms with Crippen molar-refractivity contribution >= 4 is 23.2 Å². The Labute approximate surface area is 174 Å². The van der Waals surface area contributed by atoms with E-state index < -0.39 is 0 Å². The van der Waals surface area contributed by atoms with Crippen molar-refractivity contribution in [1.82, 2.24) is 14.5 Å². The van der Waals surface area contributed by atoms with Gasteiger partial charge in [-0.2, -0.15) is 0 Å². The van der Waals surface area contributed by atoms with Crippen LogP contribution in [0.15, 0.2) is 73.1 Å². The normalized spacial score (nSPS) is 10.7. The summed E-state index contributed by atoms with van der Waals surface area (Å²) in [5.41, 5.74) is 5.20. The maximum Gasteiger partial charge on any atom is 0.257 e. The van der Waals surface area contributed by atoms with E-state index in [0.717, 1.165) is 28.5 Å². The number of aromatic nitrogens is 3. The van der Waals surface area contributed by atoms with E-state index in [1.54, 1.807) is 24.5 Å². The van der Waals surface area contributed by atoms with Gasteiger partial charge >= 0.3 is 0 Å². The van der Waals surface area contributed by atoms with Crippen LogP contribution in [-0.4, -0.2) is 20.4 Å². The number of anilines is 1. The summed E-state index contributed by atoms with van der Waals surface area (Å²) in [6.45, 7) is 4.04. The van der Waals surface area contributed by atoms with Crippen LogP contribution >= 0.6 is 11.6 Å². The number of imidazole rings is 1. The minimum Gasteiger partial charge on any atom is -0.322 e. The average Bonchev–Trinajstić information content (AvgIpc) is 3.04. The second kappa shape index (κ2) is 7.89. The summed E-state index contributed by atoms with van der Waals surface area (Å²) in [6.07, 6.45) is 3.18.